The Bertz CT molecular complexity index is 863. The van der Waals surface area contributed by atoms with E-state index in [1.54, 1.807) is 12.3 Å². The molecule has 1 aromatic heterocycles. The van der Waals surface area contributed by atoms with Crippen LogP contribution in [0.25, 0.3) is 0 Å². The predicted molar refractivity (Wildman–Crippen MR) is 103 cm³/mol. The van der Waals surface area contributed by atoms with Gasteiger partial charge in [0, 0.05) is 11.9 Å². The highest BCUT2D eigenvalue weighted by Gasteiger charge is 2.13. The van der Waals surface area contributed by atoms with Crippen LogP contribution in [-0.4, -0.2) is 15.9 Å². The molecular weight excluding hydrogens is 324 g/mol. The predicted octanol–water partition coefficient (Wildman–Crippen LogP) is 4.27. The molecule has 0 aliphatic rings. The van der Waals surface area contributed by atoms with Crippen molar-refractivity contribution in [3.05, 3.63) is 83.7 Å². The summed E-state index contributed by atoms with van der Waals surface area (Å²) in [4.78, 5) is 21.0. The van der Waals surface area contributed by atoms with Gasteiger partial charge in [-0.25, -0.2) is 9.97 Å². The lowest BCUT2D eigenvalue weighted by Gasteiger charge is -2.14. The van der Waals surface area contributed by atoms with Gasteiger partial charge in [-0.3, -0.25) is 4.79 Å². The first-order chi connectivity index (χ1) is 12.7. The zero-order valence-corrected chi connectivity index (χ0v) is 14.9. The number of nitrogens with zero attached hydrogens (tertiary/aromatic N) is 2. The zero-order valence-electron chi connectivity index (χ0n) is 14.9. The van der Waals surface area contributed by atoms with E-state index in [9.17, 15) is 4.79 Å². The molecule has 2 aromatic carbocycles. The van der Waals surface area contributed by atoms with E-state index in [1.165, 1.54) is 5.56 Å². The molecule has 1 amide bonds. The van der Waals surface area contributed by atoms with Crippen LogP contribution in [0.1, 0.15) is 41.5 Å². The molecule has 0 aliphatic heterocycles. The van der Waals surface area contributed by atoms with Gasteiger partial charge in [-0.05, 0) is 42.7 Å². The molecule has 5 nitrogen and oxygen atoms in total. The molecule has 26 heavy (non-hydrogen) atoms. The van der Waals surface area contributed by atoms with Crippen molar-refractivity contribution < 1.29 is 4.79 Å². The highest BCUT2D eigenvalue weighted by molar-refractivity contribution is 5.92. The average Bonchev–Trinajstić information content (AvgIpc) is 2.69. The Hall–Kier alpha value is -3.21. The van der Waals surface area contributed by atoms with Gasteiger partial charge in [-0.1, -0.05) is 49.4 Å². The molecule has 3 aromatic rings. The molecule has 0 saturated heterocycles. The first kappa shape index (κ1) is 17.6. The van der Waals surface area contributed by atoms with E-state index in [0.29, 0.717) is 11.6 Å². The molecule has 0 radical (unpaired) electrons. The van der Waals surface area contributed by atoms with Crippen LogP contribution in [0.3, 0.4) is 0 Å². The zero-order chi connectivity index (χ0) is 18.4. The van der Waals surface area contributed by atoms with E-state index in [1.807, 2.05) is 49.4 Å². The topological polar surface area (TPSA) is 66.9 Å². The number of benzene rings is 2. The lowest BCUT2D eigenvalue weighted by Crippen LogP contribution is -2.27. The minimum atomic E-state index is -0.229. The first-order valence-electron chi connectivity index (χ1n) is 8.70. The molecule has 2 N–H and O–H groups in total. The summed E-state index contributed by atoms with van der Waals surface area (Å²) in [5, 5.41) is 6.09. The molecular formula is C21H22N4O. The van der Waals surface area contributed by atoms with Crippen molar-refractivity contribution in [1.82, 2.24) is 15.3 Å². The smallest absolute Gasteiger partial charge is 0.270 e. The lowest BCUT2D eigenvalue weighted by molar-refractivity contribution is 0.0935. The van der Waals surface area contributed by atoms with Gasteiger partial charge in [0.25, 0.3) is 5.91 Å². The Labute approximate surface area is 153 Å². The van der Waals surface area contributed by atoms with Gasteiger partial charge in [-0.2, -0.15) is 0 Å². The molecule has 1 atom stereocenters. The second-order valence-corrected chi connectivity index (χ2v) is 6.05. The third kappa shape index (κ3) is 4.45. The van der Waals surface area contributed by atoms with Crippen molar-refractivity contribution in [3.8, 4) is 0 Å². The molecule has 1 heterocycles. The Morgan fingerprint density at radius 3 is 2.46 bits per heavy atom. The van der Waals surface area contributed by atoms with Gasteiger partial charge >= 0.3 is 0 Å². The van der Waals surface area contributed by atoms with Gasteiger partial charge in [0.05, 0.1) is 6.04 Å². The number of amides is 1. The standard InChI is InChI=1S/C21H22N4O/c1-3-16-9-11-18(12-10-16)24-21-22-14-13-19(25-21)20(26)23-15(2)17-7-5-4-6-8-17/h4-15H,3H2,1-2H3,(H,23,26)(H,22,24,25). The minimum Gasteiger partial charge on any atom is -0.344 e. The number of carbonyl (C=O) groups excluding carboxylic acids is 1. The SMILES string of the molecule is CCc1ccc(Nc2nccc(C(=O)NC(C)c3ccccc3)n2)cc1. The van der Waals surface area contributed by atoms with Gasteiger partial charge in [0.2, 0.25) is 5.95 Å². The summed E-state index contributed by atoms with van der Waals surface area (Å²) in [5.74, 6) is 0.169. The fourth-order valence-electron chi connectivity index (χ4n) is 2.59. The molecule has 132 valence electrons. The van der Waals surface area contributed by atoms with E-state index in [2.05, 4.69) is 39.7 Å². The van der Waals surface area contributed by atoms with E-state index >= 15 is 0 Å². The Balaban J connectivity index is 1.68. The van der Waals surface area contributed by atoms with Crippen LogP contribution < -0.4 is 10.6 Å². The largest absolute Gasteiger partial charge is 0.344 e. The van der Waals surface area contributed by atoms with Gasteiger partial charge in [-0.15, -0.1) is 0 Å². The van der Waals surface area contributed by atoms with Crippen molar-refractivity contribution in [2.45, 2.75) is 26.3 Å². The number of nitrogens with one attached hydrogen (secondary N) is 2. The van der Waals surface area contributed by atoms with E-state index in [-0.39, 0.29) is 11.9 Å². The number of anilines is 2. The summed E-state index contributed by atoms with van der Waals surface area (Å²) in [5.41, 5.74) is 3.52. The van der Waals surface area contributed by atoms with Crippen LogP contribution in [0.2, 0.25) is 0 Å². The normalized spacial score (nSPS) is 11.6. The maximum atomic E-state index is 12.5. The molecule has 0 aliphatic carbocycles. The molecule has 1 unspecified atom stereocenters. The molecule has 0 spiro atoms. The number of aryl methyl sites for hydroxylation is 1. The summed E-state index contributed by atoms with van der Waals surface area (Å²) in [6.07, 6.45) is 2.57. The number of hydrogen-bond acceptors (Lipinski definition) is 4. The van der Waals surface area contributed by atoms with Crippen molar-refractivity contribution in [3.63, 3.8) is 0 Å². The molecule has 0 bridgehead atoms. The third-order valence-corrected chi connectivity index (χ3v) is 4.15. The fourth-order valence-corrected chi connectivity index (χ4v) is 2.59. The average molecular weight is 346 g/mol. The maximum Gasteiger partial charge on any atom is 0.270 e. The first-order valence-corrected chi connectivity index (χ1v) is 8.70. The number of rotatable bonds is 6. The summed E-state index contributed by atoms with van der Waals surface area (Å²) >= 11 is 0. The van der Waals surface area contributed by atoms with Crippen molar-refractivity contribution in [2.24, 2.45) is 0 Å². The van der Waals surface area contributed by atoms with Crippen LogP contribution in [-0.2, 0) is 6.42 Å². The molecule has 3 rings (SSSR count). The van der Waals surface area contributed by atoms with Gasteiger partial charge in [0.15, 0.2) is 0 Å². The quantitative estimate of drug-likeness (QED) is 0.699. The summed E-state index contributed by atoms with van der Waals surface area (Å²) in [6.45, 7) is 4.06. The maximum absolute atomic E-state index is 12.5. The Morgan fingerprint density at radius 1 is 1.04 bits per heavy atom. The Morgan fingerprint density at radius 2 is 1.77 bits per heavy atom. The highest BCUT2D eigenvalue weighted by atomic mass is 16.1. The fraction of sp³-hybridized carbons (Fsp3) is 0.190. The Kier molecular flexibility index (Phi) is 5.59. The van der Waals surface area contributed by atoms with Crippen molar-refractivity contribution >= 4 is 17.5 Å². The van der Waals surface area contributed by atoms with E-state index in [4.69, 9.17) is 0 Å². The number of hydrogen-bond donors (Lipinski definition) is 2. The summed E-state index contributed by atoms with van der Waals surface area (Å²) < 4.78 is 0. The second kappa shape index (κ2) is 8.25. The van der Waals surface area contributed by atoms with E-state index in [0.717, 1.165) is 17.7 Å². The molecule has 0 fully saturated rings. The van der Waals surface area contributed by atoms with Crippen LogP contribution in [0, 0.1) is 0 Å². The van der Waals surface area contributed by atoms with Crippen LogP contribution >= 0.6 is 0 Å². The third-order valence-electron chi connectivity index (χ3n) is 4.15. The van der Waals surface area contributed by atoms with E-state index < -0.39 is 0 Å². The van der Waals surface area contributed by atoms with Gasteiger partial charge < -0.3 is 10.6 Å². The number of carbonyl (C=O) groups is 1. The molecule has 0 saturated carbocycles. The minimum absolute atomic E-state index is 0.100. The van der Waals surface area contributed by atoms with Gasteiger partial charge in [0.1, 0.15) is 5.69 Å². The van der Waals surface area contributed by atoms with Crippen LogP contribution in [0.5, 0.6) is 0 Å². The van der Waals surface area contributed by atoms with Crippen LogP contribution in [0.15, 0.2) is 66.9 Å². The monoisotopic (exact) mass is 346 g/mol. The van der Waals surface area contributed by atoms with Crippen LogP contribution in [0.4, 0.5) is 11.6 Å². The van der Waals surface area contributed by atoms with Crippen molar-refractivity contribution in [1.29, 1.82) is 0 Å². The summed E-state index contributed by atoms with van der Waals surface area (Å²) in [7, 11) is 0. The lowest BCUT2D eigenvalue weighted by atomic mass is 10.1. The molecule has 5 heteroatoms. The summed E-state index contributed by atoms with van der Waals surface area (Å²) in [6, 6.07) is 19.4. The van der Waals surface area contributed by atoms with Crippen molar-refractivity contribution in [2.75, 3.05) is 5.32 Å². The number of aromatic nitrogens is 2. The second-order valence-electron chi connectivity index (χ2n) is 6.05. The highest BCUT2D eigenvalue weighted by Crippen LogP contribution is 2.15.